The van der Waals surface area contributed by atoms with E-state index in [1.54, 1.807) is 7.11 Å². The number of amides is 1. The lowest BCUT2D eigenvalue weighted by Gasteiger charge is -2.08. The van der Waals surface area contributed by atoms with Crippen molar-refractivity contribution in [2.45, 2.75) is 26.2 Å². The average Bonchev–Trinajstić information content (AvgIpc) is 2.44. The topological polar surface area (TPSA) is 38.3 Å². The number of carbonyl (C=O) groups excluding carboxylic acids is 1. The zero-order chi connectivity index (χ0) is 14.1. The summed E-state index contributed by atoms with van der Waals surface area (Å²) in [5, 5.41) is 2.93. The Morgan fingerprint density at radius 3 is 2.63 bits per heavy atom. The van der Waals surface area contributed by atoms with Crippen LogP contribution in [0.2, 0.25) is 0 Å². The van der Waals surface area contributed by atoms with E-state index in [1.807, 2.05) is 24.3 Å². The first-order valence-electron chi connectivity index (χ1n) is 6.61. The van der Waals surface area contributed by atoms with Gasteiger partial charge in [-0.1, -0.05) is 19.1 Å². The molecule has 0 aliphatic heterocycles. The van der Waals surface area contributed by atoms with Gasteiger partial charge in [0.2, 0.25) is 5.91 Å². The smallest absolute Gasteiger partial charge is 0.224 e. The molecule has 0 saturated carbocycles. The Kier molecular flexibility index (Phi) is 7.34. The van der Waals surface area contributed by atoms with Crippen LogP contribution in [0.15, 0.2) is 24.3 Å². The molecular weight excluding hydrogens is 262 g/mol. The summed E-state index contributed by atoms with van der Waals surface area (Å²) in [4.78, 5) is 11.7. The van der Waals surface area contributed by atoms with Crippen LogP contribution >= 0.6 is 11.6 Å². The van der Waals surface area contributed by atoms with E-state index in [2.05, 4.69) is 12.2 Å². The van der Waals surface area contributed by atoms with Gasteiger partial charge in [0, 0.05) is 12.4 Å². The number of hydrogen-bond acceptors (Lipinski definition) is 2. The van der Waals surface area contributed by atoms with E-state index in [1.165, 1.54) is 0 Å². The summed E-state index contributed by atoms with van der Waals surface area (Å²) in [6, 6.07) is 7.55. The maximum atomic E-state index is 11.7. The summed E-state index contributed by atoms with van der Waals surface area (Å²) >= 11 is 5.73. The molecule has 0 spiro atoms. The molecular formula is C15H22ClNO2. The van der Waals surface area contributed by atoms with Crippen LogP contribution in [0.1, 0.15) is 25.3 Å². The lowest BCUT2D eigenvalue weighted by molar-refractivity contribution is -0.120. The summed E-state index contributed by atoms with van der Waals surface area (Å²) in [5.74, 6) is 2.06. The van der Waals surface area contributed by atoms with Crippen molar-refractivity contribution in [2.75, 3.05) is 19.5 Å². The molecule has 3 nitrogen and oxygen atoms in total. The Labute approximate surface area is 120 Å². The first-order chi connectivity index (χ1) is 9.15. The third-order valence-corrected chi connectivity index (χ3v) is 3.51. The number of carbonyl (C=O) groups is 1. The summed E-state index contributed by atoms with van der Waals surface area (Å²) in [6.45, 7) is 2.84. The van der Waals surface area contributed by atoms with Crippen molar-refractivity contribution in [3.63, 3.8) is 0 Å². The van der Waals surface area contributed by atoms with Crippen LogP contribution in [0.5, 0.6) is 5.75 Å². The number of alkyl halides is 1. The summed E-state index contributed by atoms with van der Waals surface area (Å²) in [7, 11) is 1.63. The first kappa shape index (κ1) is 15.8. The summed E-state index contributed by atoms with van der Waals surface area (Å²) in [6.07, 6.45) is 2.43. The SMILES string of the molecule is COc1ccc(CC(=O)NCCCC(C)CCl)cc1. The van der Waals surface area contributed by atoms with Crippen molar-refractivity contribution in [2.24, 2.45) is 5.92 Å². The molecule has 1 aromatic rings. The molecule has 1 atom stereocenters. The van der Waals surface area contributed by atoms with E-state index < -0.39 is 0 Å². The number of benzene rings is 1. The second kappa shape index (κ2) is 8.81. The van der Waals surface area contributed by atoms with Gasteiger partial charge in [0.25, 0.3) is 0 Å². The molecule has 0 bridgehead atoms. The Morgan fingerprint density at radius 1 is 1.37 bits per heavy atom. The molecule has 0 saturated heterocycles. The van der Waals surface area contributed by atoms with Gasteiger partial charge < -0.3 is 10.1 Å². The van der Waals surface area contributed by atoms with Gasteiger partial charge in [0.15, 0.2) is 0 Å². The van der Waals surface area contributed by atoms with Gasteiger partial charge in [-0.3, -0.25) is 4.79 Å². The van der Waals surface area contributed by atoms with Crippen LogP contribution in [-0.2, 0) is 11.2 Å². The van der Waals surface area contributed by atoms with Crippen molar-refractivity contribution in [3.8, 4) is 5.75 Å². The Morgan fingerprint density at radius 2 is 2.05 bits per heavy atom. The number of rotatable bonds is 8. The predicted molar refractivity (Wildman–Crippen MR) is 78.8 cm³/mol. The standard InChI is InChI=1S/C15H22ClNO2/c1-12(11-16)4-3-9-17-15(18)10-13-5-7-14(19-2)8-6-13/h5-8,12H,3-4,9-11H2,1-2H3,(H,17,18). The van der Waals surface area contributed by atoms with Crippen LogP contribution < -0.4 is 10.1 Å². The molecule has 4 heteroatoms. The molecule has 0 radical (unpaired) electrons. The highest BCUT2D eigenvalue weighted by Crippen LogP contribution is 2.11. The van der Waals surface area contributed by atoms with Crippen LogP contribution in [0, 0.1) is 5.92 Å². The number of hydrogen-bond donors (Lipinski definition) is 1. The lowest BCUT2D eigenvalue weighted by atomic mass is 10.1. The van der Waals surface area contributed by atoms with E-state index in [9.17, 15) is 4.79 Å². The molecule has 0 heterocycles. The molecule has 0 aromatic heterocycles. The maximum Gasteiger partial charge on any atom is 0.224 e. The van der Waals surface area contributed by atoms with E-state index in [0.717, 1.165) is 30.7 Å². The second-order valence-corrected chi connectivity index (χ2v) is 5.09. The highest BCUT2D eigenvalue weighted by Gasteiger charge is 2.04. The van der Waals surface area contributed by atoms with Crippen molar-refractivity contribution < 1.29 is 9.53 Å². The fraction of sp³-hybridized carbons (Fsp3) is 0.533. The Balaban J connectivity index is 2.23. The third-order valence-electron chi connectivity index (χ3n) is 2.98. The molecule has 19 heavy (non-hydrogen) atoms. The molecule has 1 N–H and O–H groups in total. The summed E-state index contributed by atoms with van der Waals surface area (Å²) in [5.41, 5.74) is 0.993. The minimum Gasteiger partial charge on any atom is -0.497 e. The van der Waals surface area contributed by atoms with Gasteiger partial charge in [0.05, 0.1) is 13.5 Å². The average molecular weight is 284 g/mol. The monoisotopic (exact) mass is 283 g/mol. The van der Waals surface area contributed by atoms with Crippen molar-refractivity contribution in [1.82, 2.24) is 5.32 Å². The van der Waals surface area contributed by atoms with Gasteiger partial charge in [-0.05, 0) is 36.5 Å². The van der Waals surface area contributed by atoms with Crippen molar-refractivity contribution >= 4 is 17.5 Å². The van der Waals surface area contributed by atoms with Gasteiger partial charge in [0.1, 0.15) is 5.75 Å². The zero-order valence-corrected chi connectivity index (χ0v) is 12.4. The highest BCUT2D eigenvalue weighted by molar-refractivity contribution is 6.18. The first-order valence-corrected chi connectivity index (χ1v) is 7.14. The Bertz CT molecular complexity index is 378. The van der Waals surface area contributed by atoms with Gasteiger partial charge in [-0.25, -0.2) is 0 Å². The van der Waals surface area contributed by atoms with Gasteiger partial charge in [-0.15, -0.1) is 11.6 Å². The van der Waals surface area contributed by atoms with E-state index in [0.29, 0.717) is 18.2 Å². The minimum atomic E-state index is 0.0590. The largest absolute Gasteiger partial charge is 0.497 e. The van der Waals surface area contributed by atoms with Crippen molar-refractivity contribution in [3.05, 3.63) is 29.8 Å². The van der Waals surface area contributed by atoms with Gasteiger partial charge in [-0.2, -0.15) is 0 Å². The van der Waals surface area contributed by atoms with E-state index in [4.69, 9.17) is 16.3 Å². The molecule has 0 aliphatic rings. The van der Waals surface area contributed by atoms with E-state index in [-0.39, 0.29) is 5.91 Å². The molecule has 1 aromatic carbocycles. The van der Waals surface area contributed by atoms with Crippen LogP contribution in [0.4, 0.5) is 0 Å². The summed E-state index contributed by atoms with van der Waals surface area (Å²) < 4.78 is 5.08. The van der Waals surface area contributed by atoms with Crippen LogP contribution in [0.3, 0.4) is 0 Å². The van der Waals surface area contributed by atoms with E-state index >= 15 is 0 Å². The third kappa shape index (κ3) is 6.48. The van der Waals surface area contributed by atoms with Crippen LogP contribution in [-0.4, -0.2) is 25.4 Å². The minimum absolute atomic E-state index is 0.0590. The molecule has 1 unspecified atom stereocenters. The highest BCUT2D eigenvalue weighted by atomic mass is 35.5. The number of ether oxygens (including phenoxy) is 1. The second-order valence-electron chi connectivity index (χ2n) is 4.78. The fourth-order valence-corrected chi connectivity index (χ4v) is 1.90. The lowest BCUT2D eigenvalue weighted by Crippen LogP contribution is -2.26. The Hall–Kier alpha value is -1.22. The molecule has 1 rings (SSSR count). The van der Waals surface area contributed by atoms with Gasteiger partial charge >= 0.3 is 0 Å². The number of halogens is 1. The fourth-order valence-electron chi connectivity index (χ4n) is 1.75. The predicted octanol–water partition coefficient (Wildman–Crippen LogP) is 3.01. The number of methoxy groups -OCH3 is 1. The number of nitrogens with one attached hydrogen (secondary N) is 1. The normalized spacial score (nSPS) is 11.9. The maximum absolute atomic E-state index is 11.7. The van der Waals surface area contributed by atoms with Crippen molar-refractivity contribution in [1.29, 1.82) is 0 Å². The quantitative estimate of drug-likeness (QED) is 0.588. The van der Waals surface area contributed by atoms with Crippen LogP contribution in [0.25, 0.3) is 0 Å². The zero-order valence-electron chi connectivity index (χ0n) is 11.6. The molecule has 0 fully saturated rings. The molecule has 0 aliphatic carbocycles. The molecule has 1 amide bonds. The molecule has 106 valence electrons.